The second kappa shape index (κ2) is 7.94. The lowest BCUT2D eigenvalue weighted by atomic mass is 10.1. The number of nitrogens with zero attached hydrogens (tertiary/aromatic N) is 1. The standard InChI is InChI=1S/C20H18BrN3O/c1-14-5-7-17(8-6-14)23-19-10-9-18(13-22-19)24-20(25)12-15-3-2-4-16(21)11-15/h2-11,13H,12H2,1H3,(H,22,23)(H,24,25). The average molecular weight is 396 g/mol. The highest BCUT2D eigenvalue weighted by Gasteiger charge is 2.05. The second-order valence-corrected chi connectivity index (χ2v) is 6.69. The number of carbonyl (C=O) groups excluding carboxylic acids is 1. The Hall–Kier alpha value is -2.66. The van der Waals surface area contributed by atoms with E-state index in [-0.39, 0.29) is 5.91 Å². The highest BCUT2D eigenvalue weighted by molar-refractivity contribution is 9.10. The maximum absolute atomic E-state index is 12.1. The zero-order valence-electron chi connectivity index (χ0n) is 13.8. The van der Waals surface area contributed by atoms with Crippen molar-refractivity contribution in [2.45, 2.75) is 13.3 Å². The van der Waals surface area contributed by atoms with Gasteiger partial charge in [-0.3, -0.25) is 4.79 Å². The molecule has 5 heteroatoms. The number of hydrogen-bond acceptors (Lipinski definition) is 3. The van der Waals surface area contributed by atoms with Gasteiger partial charge >= 0.3 is 0 Å². The summed E-state index contributed by atoms with van der Waals surface area (Å²) in [6.07, 6.45) is 1.97. The van der Waals surface area contributed by atoms with Crippen LogP contribution in [0.3, 0.4) is 0 Å². The van der Waals surface area contributed by atoms with E-state index in [1.165, 1.54) is 5.56 Å². The van der Waals surface area contributed by atoms with Gasteiger partial charge in [-0.05, 0) is 48.9 Å². The van der Waals surface area contributed by atoms with Gasteiger partial charge in [0.25, 0.3) is 0 Å². The van der Waals surface area contributed by atoms with Gasteiger partial charge in [0, 0.05) is 10.2 Å². The summed E-state index contributed by atoms with van der Waals surface area (Å²) in [5.41, 5.74) is 3.82. The number of nitrogens with one attached hydrogen (secondary N) is 2. The molecule has 0 fully saturated rings. The van der Waals surface area contributed by atoms with Crippen LogP contribution in [0.5, 0.6) is 0 Å². The molecule has 2 aromatic carbocycles. The Morgan fingerprint density at radius 2 is 1.80 bits per heavy atom. The van der Waals surface area contributed by atoms with Gasteiger partial charge in [-0.25, -0.2) is 4.98 Å². The number of rotatable bonds is 5. The first-order chi connectivity index (χ1) is 12.1. The first-order valence-corrected chi connectivity index (χ1v) is 8.72. The molecule has 1 amide bonds. The molecule has 1 aromatic heterocycles. The molecule has 3 aromatic rings. The number of pyridine rings is 1. The number of carbonyl (C=O) groups is 1. The Bertz CT molecular complexity index is 861. The third kappa shape index (κ3) is 5.16. The summed E-state index contributed by atoms with van der Waals surface area (Å²) in [5, 5.41) is 6.09. The summed E-state index contributed by atoms with van der Waals surface area (Å²) in [7, 11) is 0. The Morgan fingerprint density at radius 3 is 2.48 bits per heavy atom. The molecule has 0 saturated carbocycles. The lowest BCUT2D eigenvalue weighted by molar-refractivity contribution is -0.115. The Labute approximate surface area is 155 Å². The predicted octanol–water partition coefficient (Wildman–Crippen LogP) is 5.08. The van der Waals surface area contributed by atoms with Crippen molar-refractivity contribution in [3.63, 3.8) is 0 Å². The molecular weight excluding hydrogens is 378 g/mol. The van der Waals surface area contributed by atoms with Crippen molar-refractivity contribution >= 4 is 39.0 Å². The van der Waals surface area contributed by atoms with E-state index >= 15 is 0 Å². The van der Waals surface area contributed by atoms with Crippen LogP contribution in [0.1, 0.15) is 11.1 Å². The number of anilines is 3. The molecule has 0 saturated heterocycles. The van der Waals surface area contributed by atoms with E-state index in [0.717, 1.165) is 21.5 Å². The van der Waals surface area contributed by atoms with Crippen LogP contribution in [-0.4, -0.2) is 10.9 Å². The number of hydrogen-bond donors (Lipinski definition) is 2. The van der Waals surface area contributed by atoms with Crippen LogP contribution in [0.4, 0.5) is 17.2 Å². The van der Waals surface area contributed by atoms with E-state index in [4.69, 9.17) is 0 Å². The minimum absolute atomic E-state index is 0.0702. The third-order valence-corrected chi connectivity index (χ3v) is 4.12. The Balaban J connectivity index is 1.58. The summed E-state index contributed by atoms with van der Waals surface area (Å²) in [6, 6.07) is 19.5. The molecule has 4 nitrogen and oxygen atoms in total. The Kier molecular flexibility index (Phi) is 5.46. The number of aromatic nitrogens is 1. The summed E-state index contributed by atoms with van der Waals surface area (Å²) < 4.78 is 0.964. The molecule has 0 bridgehead atoms. The minimum Gasteiger partial charge on any atom is -0.340 e. The monoisotopic (exact) mass is 395 g/mol. The van der Waals surface area contributed by atoms with Crippen LogP contribution in [0.15, 0.2) is 71.3 Å². The van der Waals surface area contributed by atoms with Gasteiger partial charge in [0.15, 0.2) is 0 Å². The molecule has 0 atom stereocenters. The van der Waals surface area contributed by atoms with Gasteiger partial charge in [0.1, 0.15) is 5.82 Å². The van der Waals surface area contributed by atoms with E-state index in [1.807, 2.05) is 67.6 Å². The molecular formula is C20H18BrN3O. The van der Waals surface area contributed by atoms with Crippen LogP contribution in [-0.2, 0) is 11.2 Å². The van der Waals surface area contributed by atoms with Crippen LogP contribution >= 0.6 is 15.9 Å². The number of halogens is 1. The fourth-order valence-corrected chi connectivity index (χ4v) is 2.81. The van der Waals surface area contributed by atoms with Crippen LogP contribution in [0.25, 0.3) is 0 Å². The van der Waals surface area contributed by atoms with Crippen LogP contribution in [0, 0.1) is 6.92 Å². The van der Waals surface area contributed by atoms with Gasteiger partial charge < -0.3 is 10.6 Å². The number of amides is 1. The summed E-state index contributed by atoms with van der Waals surface area (Å²) >= 11 is 3.41. The fraction of sp³-hybridized carbons (Fsp3) is 0.100. The molecule has 0 aliphatic rings. The highest BCUT2D eigenvalue weighted by atomic mass is 79.9. The maximum atomic E-state index is 12.1. The van der Waals surface area contributed by atoms with Crippen molar-refractivity contribution in [1.29, 1.82) is 0 Å². The first kappa shape index (κ1) is 17.2. The fourth-order valence-electron chi connectivity index (χ4n) is 2.36. The predicted molar refractivity (Wildman–Crippen MR) is 105 cm³/mol. The highest BCUT2D eigenvalue weighted by Crippen LogP contribution is 2.17. The zero-order chi connectivity index (χ0) is 17.6. The quantitative estimate of drug-likeness (QED) is 0.633. The maximum Gasteiger partial charge on any atom is 0.228 e. The summed E-state index contributed by atoms with van der Waals surface area (Å²) in [5.74, 6) is 0.660. The van der Waals surface area contributed by atoms with Crippen molar-refractivity contribution in [3.05, 3.63) is 82.5 Å². The first-order valence-electron chi connectivity index (χ1n) is 7.92. The van der Waals surface area contributed by atoms with Crippen LogP contribution in [0.2, 0.25) is 0 Å². The van der Waals surface area contributed by atoms with Crippen molar-refractivity contribution < 1.29 is 4.79 Å². The second-order valence-electron chi connectivity index (χ2n) is 5.78. The lowest BCUT2D eigenvalue weighted by Gasteiger charge is -2.08. The molecule has 3 rings (SSSR count). The van der Waals surface area contributed by atoms with Gasteiger partial charge in [-0.1, -0.05) is 45.8 Å². The molecule has 0 aliphatic carbocycles. The Morgan fingerprint density at radius 1 is 1.04 bits per heavy atom. The van der Waals surface area contributed by atoms with Crippen molar-refractivity contribution in [1.82, 2.24) is 4.98 Å². The summed E-state index contributed by atoms with van der Waals surface area (Å²) in [4.78, 5) is 16.5. The van der Waals surface area contributed by atoms with E-state index in [2.05, 4.69) is 31.5 Å². The van der Waals surface area contributed by atoms with Crippen molar-refractivity contribution in [3.8, 4) is 0 Å². The van der Waals surface area contributed by atoms with E-state index in [9.17, 15) is 4.79 Å². The number of aryl methyl sites for hydroxylation is 1. The molecule has 2 N–H and O–H groups in total. The van der Waals surface area contributed by atoms with E-state index in [0.29, 0.717) is 12.1 Å². The molecule has 0 aliphatic heterocycles. The summed E-state index contributed by atoms with van der Waals surface area (Å²) in [6.45, 7) is 2.05. The molecule has 126 valence electrons. The van der Waals surface area contributed by atoms with Crippen molar-refractivity contribution in [2.75, 3.05) is 10.6 Å². The molecule has 0 radical (unpaired) electrons. The SMILES string of the molecule is Cc1ccc(Nc2ccc(NC(=O)Cc3cccc(Br)c3)cn2)cc1. The van der Waals surface area contributed by atoms with Gasteiger partial charge in [0.05, 0.1) is 18.3 Å². The molecule has 25 heavy (non-hydrogen) atoms. The third-order valence-electron chi connectivity index (χ3n) is 3.62. The topological polar surface area (TPSA) is 54.0 Å². The molecule has 1 heterocycles. The van der Waals surface area contributed by atoms with Gasteiger partial charge in [-0.2, -0.15) is 0 Å². The van der Waals surface area contributed by atoms with Crippen molar-refractivity contribution in [2.24, 2.45) is 0 Å². The van der Waals surface area contributed by atoms with Crippen LogP contribution < -0.4 is 10.6 Å². The molecule has 0 spiro atoms. The van der Waals surface area contributed by atoms with Gasteiger partial charge in [0.2, 0.25) is 5.91 Å². The minimum atomic E-state index is -0.0702. The zero-order valence-corrected chi connectivity index (χ0v) is 15.4. The lowest BCUT2D eigenvalue weighted by Crippen LogP contribution is -2.14. The largest absolute Gasteiger partial charge is 0.340 e. The van der Waals surface area contributed by atoms with Gasteiger partial charge in [-0.15, -0.1) is 0 Å². The molecule has 0 unspecified atom stereocenters. The number of benzene rings is 2. The van der Waals surface area contributed by atoms with E-state index in [1.54, 1.807) is 6.20 Å². The van der Waals surface area contributed by atoms with E-state index < -0.39 is 0 Å². The average Bonchev–Trinajstić information content (AvgIpc) is 2.59. The normalized spacial score (nSPS) is 10.3. The smallest absolute Gasteiger partial charge is 0.228 e.